The summed E-state index contributed by atoms with van der Waals surface area (Å²) in [6, 6.07) is 15.2. The van der Waals surface area contributed by atoms with Crippen molar-refractivity contribution in [3.8, 4) is 0 Å². The van der Waals surface area contributed by atoms with Crippen LogP contribution in [0.1, 0.15) is 12.5 Å². The van der Waals surface area contributed by atoms with E-state index in [9.17, 15) is 4.79 Å². The van der Waals surface area contributed by atoms with Gasteiger partial charge in [0.25, 0.3) is 0 Å². The molecular formula is C16H17BrN2O. The topological polar surface area (TPSA) is 41.1 Å². The second-order valence-corrected chi connectivity index (χ2v) is 5.65. The van der Waals surface area contributed by atoms with Gasteiger partial charge in [0.2, 0.25) is 5.91 Å². The summed E-state index contributed by atoms with van der Waals surface area (Å²) in [6.45, 7) is 3.87. The first-order valence-corrected chi connectivity index (χ1v) is 7.23. The van der Waals surface area contributed by atoms with Crippen LogP contribution in [0, 0.1) is 6.92 Å². The van der Waals surface area contributed by atoms with Crippen LogP contribution in [-0.2, 0) is 4.79 Å². The van der Waals surface area contributed by atoms with Crippen LogP contribution in [0.2, 0.25) is 0 Å². The molecule has 1 atom stereocenters. The lowest BCUT2D eigenvalue weighted by Gasteiger charge is -2.15. The number of hydrogen-bond donors (Lipinski definition) is 2. The summed E-state index contributed by atoms with van der Waals surface area (Å²) in [5.41, 5.74) is 2.90. The minimum atomic E-state index is -0.305. The number of carbonyl (C=O) groups excluding carboxylic acids is 1. The molecule has 3 nitrogen and oxygen atoms in total. The molecule has 4 heteroatoms. The molecule has 2 N–H and O–H groups in total. The number of rotatable bonds is 4. The zero-order chi connectivity index (χ0) is 14.5. The van der Waals surface area contributed by atoms with Crippen LogP contribution in [0.4, 0.5) is 11.4 Å². The molecule has 0 aliphatic carbocycles. The predicted octanol–water partition coefficient (Wildman–Crippen LogP) is 4.20. The molecule has 0 spiro atoms. The number of halogens is 1. The molecule has 0 heterocycles. The maximum atomic E-state index is 12.1. The lowest BCUT2D eigenvalue weighted by molar-refractivity contribution is -0.116. The molecule has 20 heavy (non-hydrogen) atoms. The van der Waals surface area contributed by atoms with Crippen molar-refractivity contribution >= 4 is 33.2 Å². The Kier molecular flexibility index (Phi) is 4.79. The van der Waals surface area contributed by atoms with Crippen molar-refractivity contribution in [3.63, 3.8) is 0 Å². The molecule has 2 aromatic carbocycles. The zero-order valence-electron chi connectivity index (χ0n) is 11.5. The molecule has 2 rings (SSSR count). The summed E-state index contributed by atoms with van der Waals surface area (Å²) in [6.07, 6.45) is 0. The van der Waals surface area contributed by atoms with E-state index in [0.29, 0.717) is 0 Å². The van der Waals surface area contributed by atoms with Gasteiger partial charge in [0.05, 0.1) is 0 Å². The second kappa shape index (κ2) is 6.57. The van der Waals surface area contributed by atoms with E-state index in [-0.39, 0.29) is 11.9 Å². The molecule has 0 radical (unpaired) electrons. The molecule has 2 aromatic rings. The van der Waals surface area contributed by atoms with Gasteiger partial charge in [-0.15, -0.1) is 0 Å². The van der Waals surface area contributed by atoms with E-state index >= 15 is 0 Å². The van der Waals surface area contributed by atoms with Gasteiger partial charge < -0.3 is 10.6 Å². The standard InChI is InChI=1S/C16H17BrN2O/c1-11-4-3-5-15(10-11)18-12(2)16(20)19-14-8-6-13(17)7-9-14/h3-10,12,18H,1-2H3,(H,19,20)/t12-/m0/s1. The Morgan fingerprint density at radius 3 is 2.45 bits per heavy atom. The van der Waals surface area contributed by atoms with Gasteiger partial charge in [0.15, 0.2) is 0 Å². The third kappa shape index (κ3) is 4.10. The number of nitrogens with one attached hydrogen (secondary N) is 2. The first-order valence-electron chi connectivity index (χ1n) is 6.44. The lowest BCUT2D eigenvalue weighted by atomic mass is 10.2. The number of anilines is 2. The number of aryl methyl sites for hydroxylation is 1. The van der Waals surface area contributed by atoms with Gasteiger partial charge in [-0.3, -0.25) is 4.79 Å². The van der Waals surface area contributed by atoms with Gasteiger partial charge >= 0.3 is 0 Å². The Labute approximate surface area is 127 Å². The fourth-order valence-corrected chi connectivity index (χ4v) is 2.10. The van der Waals surface area contributed by atoms with Crippen molar-refractivity contribution < 1.29 is 4.79 Å². The SMILES string of the molecule is Cc1cccc(N[C@@H](C)C(=O)Nc2ccc(Br)cc2)c1. The Balaban J connectivity index is 1.96. The van der Waals surface area contributed by atoms with Crippen LogP contribution in [0.5, 0.6) is 0 Å². The number of carbonyl (C=O) groups is 1. The lowest BCUT2D eigenvalue weighted by Crippen LogP contribution is -2.31. The minimum absolute atomic E-state index is 0.0613. The molecule has 0 fully saturated rings. The smallest absolute Gasteiger partial charge is 0.246 e. The molecule has 0 aromatic heterocycles. The summed E-state index contributed by atoms with van der Waals surface area (Å²) >= 11 is 3.37. The Hall–Kier alpha value is -1.81. The van der Waals surface area contributed by atoms with Gasteiger partial charge in [-0.1, -0.05) is 28.1 Å². The van der Waals surface area contributed by atoms with Crippen molar-refractivity contribution in [2.75, 3.05) is 10.6 Å². The first kappa shape index (κ1) is 14.6. The quantitative estimate of drug-likeness (QED) is 0.881. The number of amides is 1. The average molecular weight is 333 g/mol. The molecule has 0 unspecified atom stereocenters. The van der Waals surface area contributed by atoms with Gasteiger partial charge in [-0.2, -0.15) is 0 Å². The highest BCUT2D eigenvalue weighted by molar-refractivity contribution is 9.10. The molecule has 0 aliphatic rings. The molecule has 0 aliphatic heterocycles. The highest BCUT2D eigenvalue weighted by Gasteiger charge is 2.12. The fraction of sp³-hybridized carbons (Fsp3) is 0.188. The summed E-state index contributed by atoms with van der Waals surface area (Å²) in [7, 11) is 0. The van der Waals surface area contributed by atoms with E-state index in [0.717, 1.165) is 21.4 Å². The maximum Gasteiger partial charge on any atom is 0.246 e. The van der Waals surface area contributed by atoms with Crippen molar-refractivity contribution in [1.82, 2.24) is 0 Å². The third-order valence-electron chi connectivity index (χ3n) is 2.91. The normalized spacial score (nSPS) is 11.8. The first-order chi connectivity index (χ1) is 9.54. The van der Waals surface area contributed by atoms with E-state index in [1.807, 2.05) is 62.4 Å². The van der Waals surface area contributed by atoms with Crippen LogP contribution >= 0.6 is 15.9 Å². The van der Waals surface area contributed by atoms with Crippen molar-refractivity contribution in [3.05, 3.63) is 58.6 Å². The van der Waals surface area contributed by atoms with Crippen LogP contribution in [-0.4, -0.2) is 11.9 Å². The summed E-state index contributed by atoms with van der Waals surface area (Å²) in [5, 5.41) is 6.07. The number of benzene rings is 2. The van der Waals surface area contributed by atoms with Crippen molar-refractivity contribution in [1.29, 1.82) is 0 Å². The van der Waals surface area contributed by atoms with E-state index in [2.05, 4.69) is 26.6 Å². The molecular weight excluding hydrogens is 316 g/mol. The predicted molar refractivity (Wildman–Crippen MR) is 87.0 cm³/mol. The summed E-state index contributed by atoms with van der Waals surface area (Å²) in [5.74, 6) is -0.0613. The van der Waals surface area contributed by atoms with Gasteiger partial charge in [-0.05, 0) is 55.8 Å². The summed E-state index contributed by atoms with van der Waals surface area (Å²) in [4.78, 5) is 12.1. The maximum absolute atomic E-state index is 12.1. The van der Waals surface area contributed by atoms with Gasteiger partial charge in [0, 0.05) is 15.8 Å². The second-order valence-electron chi connectivity index (χ2n) is 4.73. The van der Waals surface area contributed by atoms with E-state index in [1.54, 1.807) is 0 Å². The van der Waals surface area contributed by atoms with E-state index in [1.165, 1.54) is 0 Å². The Morgan fingerprint density at radius 1 is 1.10 bits per heavy atom. The highest BCUT2D eigenvalue weighted by Crippen LogP contribution is 2.15. The number of hydrogen-bond acceptors (Lipinski definition) is 2. The van der Waals surface area contributed by atoms with E-state index < -0.39 is 0 Å². The molecule has 1 amide bonds. The summed E-state index contributed by atoms with van der Waals surface area (Å²) < 4.78 is 0.987. The largest absolute Gasteiger partial charge is 0.374 e. The van der Waals surface area contributed by atoms with Crippen LogP contribution in [0.25, 0.3) is 0 Å². The Morgan fingerprint density at radius 2 is 1.80 bits per heavy atom. The molecule has 0 bridgehead atoms. The molecule has 104 valence electrons. The highest BCUT2D eigenvalue weighted by atomic mass is 79.9. The van der Waals surface area contributed by atoms with Gasteiger partial charge in [-0.25, -0.2) is 0 Å². The third-order valence-corrected chi connectivity index (χ3v) is 3.43. The van der Waals surface area contributed by atoms with Crippen LogP contribution < -0.4 is 10.6 Å². The van der Waals surface area contributed by atoms with E-state index in [4.69, 9.17) is 0 Å². The Bertz CT molecular complexity index is 596. The van der Waals surface area contributed by atoms with Crippen LogP contribution in [0.15, 0.2) is 53.0 Å². The van der Waals surface area contributed by atoms with Crippen LogP contribution in [0.3, 0.4) is 0 Å². The van der Waals surface area contributed by atoms with Crippen molar-refractivity contribution in [2.45, 2.75) is 19.9 Å². The molecule has 0 saturated heterocycles. The molecule has 0 saturated carbocycles. The average Bonchev–Trinajstić information content (AvgIpc) is 2.41. The zero-order valence-corrected chi connectivity index (χ0v) is 13.1. The fourth-order valence-electron chi connectivity index (χ4n) is 1.83. The van der Waals surface area contributed by atoms with Crippen molar-refractivity contribution in [2.24, 2.45) is 0 Å². The monoisotopic (exact) mass is 332 g/mol. The minimum Gasteiger partial charge on any atom is -0.374 e. The van der Waals surface area contributed by atoms with Gasteiger partial charge in [0.1, 0.15) is 6.04 Å².